The first-order valence-corrected chi connectivity index (χ1v) is 8.33. The number of benzene rings is 2. The monoisotopic (exact) mass is 333 g/mol. The van der Waals surface area contributed by atoms with Crippen LogP contribution in [0.5, 0.6) is 0 Å². The van der Waals surface area contributed by atoms with E-state index < -0.39 is 6.04 Å². The number of nitrogens with one attached hydrogen (secondary N) is 2. The van der Waals surface area contributed by atoms with Gasteiger partial charge in [-0.25, -0.2) is 0 Å². The van der Waals surface area contributed by atoms with Crippen LogP contribution in [-0.2, 0) is 6.42 Å². The number of hydrogen-bond acceptors (Lipinski definition) is 5. The van der Waals surface area contributed by atoms with Crippen molar-refractivity contribution in [2.24, 2.45) is 4.99 Å². The van der Waals surface area contributed by atoms with Crippen LogP contribution < -0.4 is 10.6 Å². The Bertz CT molecular complexity index is 898. The maximum Gasteiger partial charge on any atom is 0.163 e. The van der Waals surface area contributed by atoms with E-state index in [0.29, 0.717) is 12.2 Å². The number of nitrogens with zero attached hydrogens (tertiary/aromatic N) is 1. The quantitative estimate of drug-likeness (QED) is 0.802. The predicted octanol–water partition coefficient (Wildman–Crippen LogP) is 3.64. The van der Waals surface area contributed by atoms with Crippen molar-refractivity contribution in [3.8, 4) is 0 Å². The van der Waals surface area contributed by atoms with Gasteiger partial charge in [-0.2, -0.15) is 0 Å². The highest BCUT2D eigenvalue weighted by atomic mass is 16.3. The standard InChI is InChI=1S/C20H19N3O2/c1-12-2-4-13(5-3-12)18-19(25)20(22-11-21-18)23-15-7-8-16-14(10-15)6-9-17(16)24/h2-5,7-8,10-11,18,23,25H,6,9H2,1H3,(H,21,22). The molecule has 0 fully saturated rings. The number of ketones is 1. The van der Waals surface area contributed by atoms with Crippen molar-refractivity contribution in [1.82, 2.24) is 5.32 Å². The first-order valence-electron chi connectivity index (χ1n) is 8.33. The fraction of sp³-hybridized carbons (Fsp3) is 0.200. The van der Waals surface area contributed by atoms with E-state index in [2.05, 4.69) is 15.6 Å². The molecule has 0 saturated carbocycles. The summed E-state index contributed by atoms with van der Waals surface area (Å²) in [5.41, 5.74) is 4.78. The number of aliphatic imine (C=N–C) groups is 1. The van der Waals surface area contributed by atoms with E-state index in [1.54, 1.807) is 6.34 Å². The molecule has 1 heterocycles. The normalized spacial score (nSPS) is 18.9. The number of anilines is 1. The Balaban J connectivity index is 1.60. The second-order valence-electron chi connectivity index (χ2n) is 6.42. The summed E-state index contributed by atoms with van der Waals surface area (Å²) >= 11 is 0. The number of Topliss-reactive ketones (excluding diaryl/α,β-unsaturated/α-hetero) is 1. The minimum absolute atomic E-state index is 0.142. The van der Waals surface area contributed by atoms with E-state index in [-0.39, 0.29) is 11.5 Å². The van der Waals surface area contributed by atoms with Crippen molar-refractivity contribution >= 4 is 17.8 Å². The number of rotatable bonds is 3. The Morgan fingerprint density at radius 1 is 1.16 bits per heavy atom. The summed E-state index contributed by atoms with van der Waals surface area (Å²) in [6.07, 6.45) is 2.94. The highest BCUT2D eigenvalue weighted by Crippen LogP contribution is 2.30. The van der Waals surface area contributed by atoms with Crippen LogP contribution in [0.1, 0.15) is 39.5 Å². The van der Waals surface area contributed by atoms with Crippen molar-refractivity contribution in [3.63, 3.8) is 0 Å². The Kier molecular flexibility index (Phi) is 3.76. The van der Waals surface area contributed by atoms with Gasteiger partial charge in [0.15, 0.2) is 11.5 Å². The molecule has 5 heteroatoms. The maximum absolute atomic E-state index is 11.7. The van der Waals surface area contributed by atoms with Crippen molar-refractivity contribution in [2.75, 3.05) is 5.32 Å². The summed E-state index contributed by atoms with van der Waals surface area (Å²) in [4.78, 5) is 16.1. The van der Waals surface area contributed by atoms with E-state index >= 15 is 0 Å². The van der Waals surface area contributed by atoms with Crippen LogP contribution in [0.4, 0.5) is 5.69 Å². The van der Waals surface area contributed by atoms with Crippen molar-refractivity contribution in [1.29, 1.82) is 0 Å². The SMILES string of the molecule is Cc1ccc(C2N=CNC(Nc3ccc4c(c3)CCC4=O)=C2O)cc1. The third-order valence-electron chi connectivity index (χ3n) is 4.64. The summed E-state index contributed by atoms with van der Waals surface area (Å²) < 4.78 is 0. The molecule has 0 bridgehead atoms. The van der Waals surface area contributed by atoms with Crippen molar-refractivity contribution in [2.45, 2.75) is 25.8 Å². The van der Waals surface area contributed by atoms with Gasteiger partial charge in [-0.3, -0.25) is 9.79 Å². The molecule has 0 saturated heterocycles. The molecule has 2 aromatic carbocycles. The van der Waals surface area contributed by atoms with Crippen LogP contribution in [0, 0.1) is 6.92 Å². The summed E-state index contributed by atoms with van der Waals surface area (Å²) in [5.74, 6) is 0.846. The molecule has 3 N–H and O–H groups in total. The zero-order valence-corrected chi connectivity index (χ0v) is 13.9. The molecular weight excluding hydrogens is 314 g/mol. The summed E-state index contributed by atoms with van der Waals surface area (Å²) in [7, 11) is 0. The van der Waals surface area contributed by atoms with E-state index in [9.17, 15) is 9.90 Å². The van der Waals surface area contributed by atoms with Gasteiger partial charge in [0, 0.05) is 17.7 Å². The lowest BCUT2D eigenvalue weighted by Crippen LogP contribution is -2.26. The number of carbonyl (C=O) groups is 1. The van der Waals surface area contributed by atoms with Gasteiger partial charge in [-0.15, -0.1) is 0 Å². The van der Waals surface area contributed by atoms with Crippen LogP contribution >= 0.6 is 0 Å². The molecule has 1 aliphatic heterocycles. The van der Waals surface area contributed by atoms with Gasteiger partial charge in [-0.05, 0) is 42.7 Å². The molecule has 5 nitrogen and oxygen atoms in total. The fourth-order valence-electron chi connectivity index (χ4n) is 3.23. The van der Waals surface area contributed by atoms with Crippen LogP contribution in [0.25, 0.3) is 0 Å². The van der Waals surface area contributed by atoms with Gasteiger partial charge >= 0.3 is 0 Å². The van der Waals surface area contributed by atoms with Crippen LogP contribution in [-0.4, -0.2) is 17.2 Å². The number of carbonyl (C=O) groups excluding carboxylic acids is 1. The maximum atomic E-state index is 11.7. The highest BCUT2D eigenvalue weighted by molar-refractivity contribution is 6.00. The summed E-state index contributed by atoms with van der Waals surface area (Å²) in [5, 5.41) is 16.8. The Labute approximate surface area is 146 Å². The van der Waals surface area contributed by atoms with Crippen LogP contribution in [0.2, 0.25) is 0 Å². The second kappa shape index (κ2) is 6.09. The number of hydrogen-bond donors (Lipinski definition) is 3. The predicted molar refractivity (Wildman–Crippen MR) is 97.9 cm³/mol. The van der Waals surface area contributed by atoms with Crippen LogP contribution in [0.15, 0.2) is 59.0 Å². The van der Waals surface area contributed by atoms with Crippen molar-refractivity contribution in [3.05, 3.63) is 76.3 Å². The van der Waals surface area contributed by atoms with Gasteiger partial charge in [0.25, 0.3) is 0 Å². The lowest BCUT2D eigenvalue weighted by molar-refractivity contribution is 0.0994. The van der Waals surface area contributed by atoms with E-state index in [1.165, 1.54) is 0 Å². The summed E-state index contributed by atoms with van der Waals surface area (Å²) in [6, 6.07) is 13.2. The van der Waals surface area contributed by atoms with E-state index in [1.807, 2.05) is 49.4 Å². The molecule has 0 amide bonds. The molecule has 0 spiro atoms. The topological polar surface area (TPSA) is 73.7 Å². The molecular formula is C20H19N3O2. The molecule has 126 valence electrons. The average molecular weight is 333 g/mol. The molecule has 1 aliphatic carbocycles. The smallest absolute Gasteiger partial charge is 0.163 e. The largest absolute Gasteiger partial charge is 0.506 e. The zero-order chi connectivity index (χ0) is 17.4. The van der Waals surface area contributed by atoms with Gasteiger partial charge in [-0.1, -0.05) is 29.8 Å². The number of aryl methyl sites for hydroxylation is 2. The Hall–Kier alpha value is -3.08. The number of aliphatic hydroxyl groups is 1. The first-order chi connectivity index (χ1) is 12.1. The van der Waals surface area contributed by atoms with Crippen molar-refractivity contribution < 1.29 is 9.90 Å². The van der Waals surface area contributed by atoms with E-state index in [0.717, 1.165) is 34.4 Å². The minimum Gasteiger partial charge on any atom is -0.506 e. The van der Waals surface area contributed by atoms with Crippen LogP contribution in [0.3, 0.4) is 0 Å². The fourth-order valence-corrected chi connectivity index (χ4v) is 3.23. The first kappa shape index (κ1) is 15.4. The average Bonchev–Trinajstić information content (AvgIpc) is 2.98. The Morgan fingerprint density at radius 2 is 1.96 bits per heavy atom. The lowest BCUT2D eigenvalue weighted by Gasteiger charge is -2.22. The third-order valence-corrected chi connectivity index (χ3v) is 4.64. The Morgan fingerprint density at radius 3 is 2.76 bits per heavy atom. The molecule has 1 unspecified atom stereocenters. The van der Waals surface area contributed by atoms with Gasteiger partial charge < -0.3 is 15.7 Å². The molecule has 2 aliphatic rings. The molecule has 1 atom stereocenters. The molecule has 0 radical (unpaired) electrons. The lowest BCUT2D eigenvalue weighted by atomic mass is 10.0. The number of fused-ring (bicyclic) bond motifs is 1. The second-order valence-corrected chi connectivity index (χ2v) is 6.42. The van der Waals surface area contributed by atoms with Gasteiger partial charge in [0.05, 0.1) is 6.34 Å². The van der Waals surface area contributed by atoms with Gasteiger partial charge in [0.2, 0.25) is 0 Å². The van der Waals surface area contributed by atoms with E-state index in [4.69, 9.17) is 0 Å². The molecule has 4 rings (SSSR count). The van der Waals surface area contributed by atoms with Gasteiger partial charge in [0.1, 0.15) is 11.9 Å². The highest BCUT2D eigenvalue weighted by Gasteiger charge is 2.23. The third kappa shape index (κ3) is 2.89. The molecule has 2 aromatic rings. The molecule has 25 heavy (non-hydrogen) atoms. The number of aliphatic hydroxyl groups excluding tert-OH is 1. The summed E-state index contributed by atoms with van der Waals surface area (Å²) in [6.45, 7) is 2.02. The molecule has 0 aromatic heterocycles. The zero-order valence-electron chi connectivity index (χ0n) is 13.9. The minimum atomic E-state index is -0.430.